The van der Waals surface area contributed by atoms with Gasteiger partial charge in [0.15, 0.2) is 0 Å². The van der Waals surface area contributed by atoms with Crippen LogP contribution in [0.2, 0.25) is 0 Å². The second-order valence-corrected chi connectivity index (χ2v) is 13.0. The lowest BCUT2D eigenvalue weighted by Crippen LogP contribution is -2.56. The number of nitrogens with zero attached hydrogens (tertiary/aromatic N) is 1. The summed E-state index contributed by atoms with van der Waals surface area (Å²) < 4.78 is 5.32. The molecule has 6 nitrogen and oxygen atoms in total. The van der Waals surface area contributed by atoms with Gasteiger partial charge in [0.25, 0.3) is 0 Å². The van der Waals surface area contributed by atoms with Crippen molar-refractivity contribution in [3.63, 3.8) is 0 Å². The Morgan fingerprint density at radius 2 is 1.94 bits per heavy atom. The fourth-order valence-electron chi connectivity index (χ4n) is 7.53. The van der Waals surface area contributed by atoms with Crippen molar-refractivity contribution in [1.82, 2.24) is 10.6 Å². The maximum Gasteiger partial charge on any atom is 0.336 e. The number of dihydropyridines is 1. The van der Waals surface area contributed by atoms with Crippen LogP contribution in [0.3, 0.4) is 0 Å². The summed E-state index contributed by atoms with van der Waals surface area (Å²) in [5, 5.41) is 19.3. The average Bonchev–Trinajstić information content (AvgIpc) is 3.36. The molecule has 4 bridgehead atoms. The van der Waals surface area contributed by atoms with Crippen molar-refractivity contribution in [2.45, 2.75) is 71.3 Å². The van der Waals surface area contributed by atoms with Gasteiger partial charge in [0.2, 0.25) is 5.91 Å². The van der Waals surface area contributed by atoms with Gasteiger partial charge in [-0.15, -0.1) is 11.3 Å². The van der Waals surface area contributed by atoms with Gasteiger partial charge in [0, 0.05) is 16.6 Å². The smallest absolute Gasteiger partial charge is 0.336 e. The molecule has 0 saturated heterocycles. The topological polar surface area (TPSA) is 91.2 Å². The number of carbonyl (C=O) groups is 2. The molecule has 6 rings (SSSR count). The predicted molar refractivity (Wildman–Crippen MR) is 143 cm³/mol. The highest BCUT2D eigenvalue weighted by Gasteiger charge is 2.53. The van der Waals surface area contributed by atoms with Crippen LogP contribution in [0.25, 0.3) is 0 Å². The normalized spacial score (nSPS) is 31.6. The number of rotatable bonds is 8. The fourth-order valence-corrected chi connectivity index (χ4v) is 9.27. The quantitative estimate of drug-likeness (QED) is 0.438. The Morgan fingerprint density at radius 1 is 1.28 bits per heavy atom. The minimum absolute atomic E-state index is 0.000307. The highest BCUT2D eigenvalue weighted by molar-refractivity contribution is 8.03. The molecule has 1 aromatic rings. The van der Waals surface area contributed by atoms with Crippen LogP contribution in [-0.2, 0) is 14.3 Å². The van der Waals surface area contributed by atoms with Gasteiger partial charge in [-0.3, -0.25) is 4.79 Å². The van der Waals surface area contributed by atoms with Crippen LogP contribution in [0.1, 0.15) is 70.1 Å². The number of nitriles is 1. The zero-order valence-corrected chi connectivity index (χ0v) is 22.9. The van der Waals surface area contributed by atoms with E-state index in [-0.39, 0.29) is 29.7 Å². The number of nitrogens with one attached hydrogen (secondary N) is 2. The Hall–Kier alpha value is -2.24. The molecule has 4 aliphatic carbocycles. The number of ether oxygens (including phenoxy) is 1. The Kier molecular flexibility index (Phi) is 7.24. The molecule has 5 aliphatic rings. The highest BCUT2D eigenvalue weighted by atomic mass is 32.2. The van der Waals surface area contributed by atoms with Crippen molar-refractivity contribution in [3.05, 3.63) is 44.3 Å². The van der Waals surface area contributed by atoms with E-state index < -0.39 is 11.9 Å². The van der Waals surface area contributed by atoms with E-state index in [1.165, 1.54) is 61.6 Å². The first-order valence-corrected chi connectivity index (χ1v) is 14.9. The molecule has 4 fully saturated rings. The summed E-state index contributed by atoms with van der Waals surface area (Å²) >= 11 is 2.85. The summed E-state index contributed by atoms with van der Waals surface area (Å²) in [5.74, 6) is 1.85. The summed E-state index contributed by atoms with van der Waals surface area (Å²) in [6.45, 7) is 6.06. The molecule has 2 heterocycles. The summed E-state index contributed by atoms with van der Waals surface area (Å²) in [5.41, 5.74) is 1.83. The van der Waals surface area contributed by atoms with Gasteiger partial charge in [0.05, 0.1) is 40.5 Å². The van der Waals surface area contributed by atoms with Crippen LogP contribution in [-0.4, -0.2) is 30.3 Å². The highest BCUT2D eigenvalue weighted by Crippen LogP contribution is 2.61. The van der Waals surface area contributed by atoms with Crippen molar-refractivity contribution in [3.8, 4) is 6.07 Å². The van der Waals surface area contributed by atoms with Gasteiger partial charge >= 0.3 is 5.97 Å². The molecule has 0 aromatic carbocycles. The molecule has 2 N–H and O–H groups in total. The second-order valence-electron chi connectivity index (χ2n) is 11.0. The molecule has 192 valence electrons. The summed E-state index contributed by atoms with van der Waals surface area (Å²) in [4.78, 5) is 26.8. The molecule has 0 spiro atoms. The number of thioether (sulfide) groups is 1. The van der Waals surface area contributed by atoms with Crippen LogP contribution in [0.15, 0.2) is 39.4 Å². The van der Waals surface area contributed by atoms with E-state index in [0.717, 1.165) is 22.6 Å². The third-order valence-corrected chi connectivity index (χ3v) is 10.7. The molecule has 1 aromatic heterocycles. The third kappa shape index (κ3) is 4.72. The Bertz CT molecular complexity index is 1100. The summed E-state index contributed by atoms with van der Waals surface area (Å²) in [7, 11) is 0. The maximum absolute atomic E-state index is 13.1. The van der Waals surface area contributed by atoms with E-state index in [4.69, 9.17) is 4.74 Å². The van der Waals surface area contributed by atoms with Gasteiger partial charge in [-0.1, -0.05) is 17.8 Å². The molecule has 1 aliphatic heterocycles. The van der Waals surface area contributed by atoms with Crippen LogP contribution in [0.4, 0.5) is 0 Å². The zero-order chi connectivity index (χ0) is 25.4. The molecule has 0 radical (unpaired) electrons. The minimum Gasteiger partial charge on any atom is -0.463 e. The van der Waals surface area contributed by atoms with Gasteiger partial charge in [-0.2, -0.15) is 5.26 Å². The van der Waals surface area contributed by atoms with Gasteiger partial charge in [0.1, 0.15) is 0 Å². The first-order valence-electron chi connectivity index (χ1n) is 13.1. The van der Waals surface area contributed by atoms with Crippen LogP contribution in [0, 0.1) is 34.5 Å². The Balaban J connectivity index is 1.29. The van der Waals surface area contributed by atoms with Gasteiger partial charge < -0.3 is 15.4 Å². The monoisotopic (exact) mass is 525 g/mol. The minimum atomic E-state index is -0.494. The second kappa shape index (κ2) is 10.3. The molecule has 8 heteroatoms. The predicted octanol–water partition coefficient (Wildman–Crippen LogP) is 5.46. The van der Waals surface area contributed by atoms with Crippen molar-refractivity contribution in [1.29, 1.82) is 5.26 Å². The lowest BCUT2D eigenvalue weighted by molar-refractivity contribution is -0.138. The zero-order valence-electron chi connectivity index (χ0n) is 21.3. The van der Waals surface area contributed by atoms with Crippen molar-refractivity contribution >= 4 is 35.0 Å². The van der Waals surface area contributed by atoms with E-state index in [1.807, 2.05) is 24.4 Å². The Morgan fingerprint density at radius 3 is 2.50 bits per heavy atom. The maximum atomic E-state index is 13.1. The third-order valence-electron chi connectivity index (χ3n) is 8.70. The van der Waals surface area contributed by atoms with Crippen LogP contribution < -0.4 is 10.6 Å². The molecular weight excluding hydrogens is 490 g/mol. The standard InChI is InChI=1S/C28H35N3O3S2/c1-4-34-27(33)24-16(2)30-26(21(14-29)25(24)22-6-5-7-35-22)36-15-23(32)31-17(3)28-11-18-8-19(12-28)10-20(9-18)13-28/h5-7,17-20,25,30H,4,8-13,15H2,1-3H3,(H,31,32)/t17-,18?,19?,20?,25-,28?/m0/s1. The van der Waals surface area contributed by atoms with E-state index in [9.17, 15) is 14.9 Å². The Labute approximate surface area is 221 Å². The summed E-state index contributed by atoms with van der Waals surface area (Å²) in [6.07, 6.45) is 7.92. The van der Waals surface area contributed by atoms with Crippen LogP contribution in [0.5, 0.6) is 0 Å². The largest absolute Gasteiger partial charge is 0.463 e. The molecule has 0 unspecified atom stereocenters. The first kappa shape index (κ1) is 25.4. The van der Waals surface area contributed by atoms with Crippen molar-refractivity contribution < 1.29 is 14.3 Å². The van der Waals surface area contributed by atoms with E-state index >= 15 is 0 Å². The lowest BCUT2D eigenvalue weighted by Gasteiger charge is -2.59. The van der Waals surface area contributed by atoms with Crippen molar-refractivity contribution in [2.24, 2.45) is 23.2 Å². The van der Waals surface area contributed by atoms with E-state index in [2.05, 4.69) is 23.6 Å². The number of allylic oxidation sites excluding steroid dienone is 2. The molecule has 2 atom stereocenters. The number of carbonyl (C=O) groups excluding carboxylic acids is 2. The molecule has 4 saturated carbocycles. The van der Waals surface area contributed by atoms with E-state index in [1.54, 1.807) is 6.92 Å². The van der Waals surface area contributed by atoms with E-state index in [0.29, 0.717) is 21.9 Å². The van der Waals surface area contributed by atoms with Gasteiger partial charge in [-0.25, -0.2) is 4.79 Å². The lowest BCUT2D eigenvalue weighted by atomic mass is 9.48. The van der Waals surface area contributed by atoms with Crippen LogP contribution >= 0.6 is 23.1 Å². The SMILES string of the molecule is CCOC(=O)C1=C(C)NC(SCC(=O)N[C@@H](C)C23CC4CC(CC(C4)C2)C3)=C(C#N)[C@H]1c1cccs1. The number of hydrogen-bond donors (Lipinski definition) is 2. The van der Waals surface area contributed by atoms with Gasteiger partial charge in [-0.05, 0) is 93.9 Å². The first-order chi connectivity index (χ1) is 17.3. The number of esters is 1. The summed E-state index contributed by atoms with van der Waals surface area (Å²) in [6, 6.07) is 6.34. The molecule has 36 heavy (non-hydrogen) atoms. The fraction of sp³-hybridized carbons (Fsp3) is 0.607. The number of hydrogen-bond acceptors (Lipinski definition) is 7. The van der Waals surface area contributed by atoms with Crippen molar-refractivity contribution in [2.75, 3.05) is 12.4 Å². The number of thiophene rings is 1. The molecular formula is C28H35N3O3S2. The number of amides is 1. The average molecular weight is 526 g/mol. The molecule has 1 amide bonds.